The number of pyridine rings is 1. The van der Waals surface area contributed by atoms with E-state index in [1.54, 1.807) is 30.4 Å². The smallest absolute Gasteiger partial charge is 0.410 e. The van der Waals surface area contributed by atoms with Crippen LogP contribution in [0.2, 0.25) is 10.0 Å². The van der Waals surface area contributed by atoms with E-state index < -0.39 is 5.60 Å². The highest BCUT2D eigenvalue weighted by atomic mass is 35.5. The Morgan fingerprint density at radius 1 is 0.938 bits per heavy atom. The number of methoxy groups -OCH3 is 1. The van der Waals surface area contributed by atoms with E-state index in [1.165, 1.54) is 7.11 Å². The van der Waals surface area contributed by atoms with Crippen LogP contribution in [-0.4, -0.2) is 88.8 Å². The van der Waals surface area contributed by atoms with Crippen LogP contribution in [0, 0.1) is 5.92 Å². The molecule has 0 radical (unpaired) electrons. The predicted octanol–water partition coefficient (Wildman–Crippen LogP) is 7.25. The van der Waals surface area contributed by atoms with Crippen LogP contribution in [0.1, 0.15) is 58.4 Å². The number of carbonyl (C=O) groups excluding carboxylic acids is 2. The molecule has 48 heavy (non-hydrogen) atoms. The fourth-order valence-electron chi connectivity index (χ4n) is 6.06. The van der Waals surface area contributed by atoms with Gasteiger partial charge >= 0.3 is 12.1 Å². The number of aromatic nitrogens is 3. The number of hydrogen-bond donors (Lipinski definition) is 0. The summed E-state index contributed by atoms with van der Waals surface area (Å²) in [7, 11) is 3.23. The maximum Gasteiger partial charge on any atom is 0.410 e. The van der Waals surface area contributed by atoms with Gasteiger partial charge in [-0.2, -0.15) is 0 Å². The standard InChI is InChI=1S/C35H44Cl2N6O5/c1-35(2,3)48-34(45)41(4)28-8-12-43(13-9-28)33-38-20-29(21-39-33)47-31-15-24(14-30(40-31)25-17-26(36)19-27(37)18-25)22-42-10-6-23(7-11-42)16-32(44)46-5/h14-15,17-21,23,28H,6-13,16,22H2,1-5H3. The third-order valence-corrected chi connectivity index (χ3v) is 9.07. The summed E-state index contributed by atoms with van der Waals surface area (Å²) in [5, 5.41) is 1.04. The minimum Gasteiger partial charge on any atom is -0.469 e. The summed E-state index contributed by atoms with van der Waals surface area (Å²) in [6.07, 6.45) is 6.89. The van der Waals surface area contributed by atoms with Crippen molar-refractivity contribution in [3.63, 3.8) is 0 Å². The normalized spacial score (nSPS) is 16.4. The summed E-state index contributed by atoms with van der Waals surface area (Å²) in [4.78, 5) is 44.4. The number of amides is 1. The van der Waals surface area contributed by atoms with Gasteiger partial charge in [0.15, 0.2) is 5.75 Å². The molecule has 0 bridgehead atoms. The lowest BCUT2D eigenvalue weighted by molar-refractivity contribution is -0.142. The van der Waals surface area contributed by atoms with Crippen molar-refractivity contribution in [2.75, 3.05) is 45.2 Å². The molecule has 11 nitrogen and oxygen atoms in total. The molecule has 0 unspecified atom stereocenters. The van der Waals surface area contributed by atoms with E-state index in [9.17, 15) is 9.59 Å². The summed E-state index contributed by atoms with van der Waals surface area (Å²) in [5.74, 6) is 1.65. The van der Waals surface area contributed by atoms with Crippen LogP contribution in [-0.2, 0) is 20.8 Å². The minimum atomic E-state index is -0.531. The number of nitrogens with zero attached hydrogens (tertiary/aromatic N) is 6. The molecule has 3 aromatic rings. The molecular weight excluding hydrogens is 655 g/mol. The second-order valence-corrected chi connectivity index (χ2v) is 14.4. The Hall–Kier alpha value is -3.67. The second kappa shape index (κ2) is 15.7. The zero-order chi connectivity index (χ0) is 34.4. The summed E-state index contributed by atoms with van der Waals surface area (Å²) < 4.78 is 16.6. The van der Waals surface area contributed by atoms with Crippen molar-refractivity contribution in [2.45, 2.75) is 71.1 Å². The van der Waals surface area contributed by atoms with Crippen molar-refractivity contribution < 1.29 is 23.8 Å². The molecule has 0 saturated carbocycles. The highest BCUT2D eigenvalue weighted by Crippen LogP contribution is 2.31. The van der Waals surface area contributed by atoms with Crippen molar-refractivity contribution in [1.29, 1.82) is 0 Å². The van der Waals surface area contributed by atoms with Crippen molar-refractivity contribution in [3.05, 3.63) is 58.3 Å². The van der Waals surface area contributed by atoms with Gasteiger partial charge in [-0.3, -0.25) is 9.69 Å². The molecule has 258 valence electrons. The van der Waals surface area contributed by atoms with Crippen LogP contribution in [0.15, 0.2) is 42.7 Å². The topological polar surface area (TPSA) is 110 Å². The van der Waals surface area contributed by atoms with Crippen molar-refractivity contribution in [2.24, 2.45) is 5.92 Å². The molecule has 2 aromatic heterocycles. The first-order chi connectivity index (χ1) is 22.8. The number of ether oxygens (including phenoxy) is 3. The number of benzene rings is 1. The molecule has 0 aliphatic carbocycles. The lowest BCUT2D eigenvalue weighted by Crippen LogP contribution is -2.47. The first-order valence-electron chi connectivity index (χ1n) is 16.3. The SMILES string of the molecule is COC(=O)CC1CCN(Cc2cc(Oc3cnc(N4CCC(N(C)C(=O)OC(C)(C)C)CC4)nc3)nc(-c3cc(Cl)cc(Cl)c3)c2)CC1. The molecule has 0 atom stereocenters. The quantitative estimate of drug-likeness (QED) is 0.212. The lowest BCUT2D eigenvalue weighted by Gasteiger charge is -2.37. The average molecular weight is 700 g/mol. The zero-order valence-corrected chi connectivity index (χ0v) is 29.8. The predicted molar refractivity (Wildman–Crippen MR) is 186 cm³/mol. The molecule has 5 rings (SSSR count). The molecule has 1 amide bonds. The van der Waals surface area contributed by atoms with Crippen LogP contribution in [0.4, 0.5) is 10.7 Å². The third kappa shape index (κ3) is 9.93. The van der Waals surface area contributed by atoms with Crippen LogP contribution >= 0.6 is 23.2 Å². The van der Waals surface area contributed by atoms with Crippen LogP contribution in [0.25, 0.3) is 11.3 Å². The molecule has 4 heterocycles. The summed E-state index contributed by atoms with van der Waals surface area (Å²) in [6, 6.07) is 9.39. The number of esters is 1. The van der Waals surface area contributed by atoms with Gasteiger partial charge in [-0.05, 0) is 95.3 Å². The van der Waals surface area contributed by atoms with E-state index in [1.807, 2.05) is 45.0 Å². The number of anilines is 1. The monoisotopic (exact) mass is 698 g/mol. The van der Waals surface area contributed by atoms with Crippen molar-refractivity contribution >= 4 is 41.2 Å². The Bertz CT molecular complexity index is 1550. The molecule has 2 aliphatic rings. The fraction of sp³-hybridized carbons (Fsp3) is 0.514. The summed E-state index contributed by atoms with van der Waals surface area (Å²) in [6.45, 7) is 9.49. The number of likely N-dealkylation sites (tertiary alicyclic amines) is 1. The molecule has 0 N–H and O–H groups in total. The number of carbonyl (C=O) groups is 2. The lowest BCUT2D eigenvalue weighted by atomic mass is 9.93. The largest absolute Gasteiger partial charge is 0.469 e. The Labute approximate surface area is 292 Å². The molecule has 2 saturated heterocycles. The van der Waals surface area contributed by atoms with Gasteiger partial charge in [-0.25, -0.2) is 19.7 Å². The van der Waals surface area contributed by atoms with Gasteiger partial charge in [-0.15, -0.1) is 0 Å². The average Bonchev–Trinajstić information content (AvgIpc) is 3.04. The first-order valence-corrected chi connectivity index (χ1v) is 17.1. The van der Waals surface area contributed by atoms with Gasteiger partial charge in [0.2, 0.25) is 11.8 Å². The maximum absolute atomic E-state index is 12.5. The molecule has 2 aliphatic heterocycles. The first kappa shape index (κ1) is 35.6. The highest BCUT2D eigenvalue weighted by molar-refractivity contribution is 6.35. The Balaban J connectivity index is 1.25. The molecule has 13 heteroatoms. The summed E-state index contributed by atoms with van der Waals surface area (Å²) >= 11 is 12.7. The third-order valence-electron chi connectivity index (χ3n) is 8.63. The van der Waals surface area contributed by atoms with Gasteiger partial charge in [0.25, 0.3) is 0 Å². The van der Waals surface area contributed by atoms with E-state index in [4.69, 9.17) is 42.4 Å². The maximum atomic E-state index is 12.5. The second-order valence-electron chi connectivity index (χ2n) is 13.5. The minimum absolute atomic E-state index is 0.0897. The molecular formula is C35H44Cl2N6O5. The van der Waals surface area contributed by atoms with E-state index in [2.05, 4.69) is 19.8 Å². The highest BCUT2D eigenvalue weighted by Gasteiger charge is 2.29. The Morgan fingerprint density at radius 2 is 1.58 bits per heavy atom. The number of halogens is 2. The van der Waals surface area contributed by atoms with E-state index in [-0.39, 0.29) is 18.1 Å². The van der Waals surface area contributed by atoms with Gasteiger partial charge in [0.05, 0.1) is 25.2 Å². The number of rotatable bonds is 9. The zero-order valence-electron chi connectivity index (χ0n) is 28.2. The van der Waals surface area contributed by atoms with E-state index in [0.29, 0.717) is 65.3 Å². The molecule has 0 spiro atoms. The summed E-state index contributed by atoms with van der Waals surface area (Å²) in [5.41, 5.74) is 1.96. The van der Waals surface area contributed by atoms with Gasteiger partial charge in [0, 0.05) is 60.8 Å². The molecule has 1 aromatic carbocycles. The van der Waals surface area contributed by atoms with E-state index >= 15 is 0 Å². The molecule has 2 fully saturated rings. The van der Waals surface area contributed by atoms with Crippen molar-refractivity contribution in [1.82, 2.24) is 24.8 Å². The van der Waals surface area contributed by atoms with Crippen LogP contribution in [0.5, 0.6) is 11.6 Å². The van der Waals surface area contributed by atoms with Crippen LogP contribution < -0.4 is 9.64 Å². The van der Waals surface area contributed by atoms with Gasteiger partial charge < -0.3 is 24.0 Å². The fourth-order valence-corrected chi connectivity index (χ4v) is 6.59. The number of piperidine rings is 2. The Morgan fingerprint density at radius 3 is 2.19 bits per heavy atom. The van der Waals surface area contributed by atoms with E-state index in [0.717, 1.165) is 49.9 Å². The van der Waals surface area contributed by atoms with Crippen LogP contribution in [0.3, 0.4) is 0 Å². The Kier molecular flexibility index (Phi) is 11.7. The van der Waals surface area contributed by atoms with Gasteiger partial charge in [-0.1, -0.05) is 23.2 Å². The number of hydrogen-bond acceptors (Lipinski definition) is 10. The van der Waals surface area contributed by atoms with Crippen molar-refractivity contribution in [3.8, 4) is 22.9 Å². The van der Waals surface area contributed by atoms with Gasteiger partial charge in [0.1, 0.15) is 5.60 Å².